The van der Waals surface area contributed by atoms with Crippen molar-refractivity contribution in [3.8, 4) is 11.7 Å². The van der Waals surface area contributed by atoms with Crippen LogP contribution in [0, 0.1) is 0 Å². The average Bonchev–Trinajstić information content (AvgIpc) is 3.08. The zero-order chi connectivity index (χ0) is 14.6. The molecule has 110 valence electrons. The summed E-state index contributed by atoms with van der Waals surface area (Å²) in [5.41, 5.74) is 0.120. The van der Waals surface area contributed by atoms with Gasteiger partial charge in [0, 0.05) is 7.05 Å². The Hall–Kier alpha value is -1.56. The van der Waals surface area contributed by atoms with Gasteiger partial charge in [0.1, 0.15) is 0 Å². The van der Waals surface area contributed by atoms with Gasteiger partial charge in [-0.25, -0.2) is 0 Å². The van der Waals surface area contributed by atoms with Gasteiger partial charge in [0.25, 0.3) is 5.89 Å². The molecule has 2 heterocycles. The molecule has 0 saturated carbocycles. The maximum absolute atomic E-state index is 12.7. The molecule has 0 aliphatic rings. The Balaban J connectivity index is 2.46. The quantitative estimate of drug-likeness (QED) is 0.787. The molecule has 8 heteroatoms. The van der Waals surface area contributed by atoms with Crippen molar-refractivity contribution in [2.75, 3.05) is 25.6 Å². The average molecular weight is 300 g/mol. The van der Waals surface area contributed by atoms with Crippen LogP contribution in [0.4, 0.5) is 5.88 Å². The zero-order valence-corrected chi connectivity index (χ0v) is 12.5. The van der Waals surface area contributed by atoms with Crippen molar-refractivity contribution >= 4 is 18.9 Å². The largest absolute Gasteiger partial charge is 0.459 e. The third-order valence-corrected chi connectivity index (χ3v) is 4.44. The van der Waals surface area contributed by atoms with Crippen LogP contribution in [-0.4, -0.2) is 25.2 Å². The predicted molar refractivity (Wildman–Crippen MR) is 74.2 cm³/mol. The molecular weight excluding hydrogens is 283 g/mol. The Morgan fingerprint density at radius 3 is 2.55 bits per heavy atom. The molecule has 20 heavy (non-hydrogen) atoms. The molecule has 0 spiro atoms. The number of nitrogens with zero attached hydrogens (tertiary/aromatic N) is 1. The highest BCUT2D eigenvalue weighted by Crippen LogP contribution is 2.49. The topological polar surface area (TPSA) is 86.7 Å². The van der Waals surface area contributed by atoms with Crippen LogP contribution in [-0.2, 0) is 13.6 Å². The van der Waals surface area contributed by atoms with E-state index in [9.17, 15) is 4.57 Å². The summed E-state index contributed by atoms with van der Waals surface area (Å²) in [5, 5.41) is 2.80. The lowest BCUT2D eigenvalue weighted by Crippen LogP contribution is -2.15. The molecule has 0 aliphatic heterocycles. The SMILES string of the molecule is CCOP(=O)(OCC)c1nc(-c2ccco2)oc1NC. The first-order valence-corrected chi connectivity index (χ1v) is 7.81. The Morgan fingerprint density at radius 1 is 1.35 bits per heavy atom. The Labute approximate surface area is 116 Å². The van der Waals surface area contributed by atoms with Crippen LogP contribution in [0.2, 0.25) is 0 Å². The van der Waals surface area contributed by atoms with Crippen molar-refractivity contribution in [3.63, 3.8) is 0 Å². The van der Waals surface area contributed by atoms with E-state index in [1.807, 2.05) is 0 Å². The molecule has 0 aromatic carbocycles. The van der Waals surface area contributed by atoms with Crippen molar-refractivity contribution in [1.29, 1.82) is 0 Å². The summed E-state index contributed by atoms with van der Waals surface area (Å²) in [5.74, 6) is 0.892. The summed E-state index contributed by atoms with van der Waals surface area (Å²) in [6, 6.07) is 3.41. The highest BCUT2D eigenvalue weighted by Gasteiger charge is 2.35. The standard InChI is InChI=1S/C12H17N2O5P/c1-4-17-20(15,18-5-2)12-11(13-3)19-10(14-12)9-7-6-8-16-9/h6-8,13H,4-5H2,1-3H3. The fraction of sp³-hybridized carbons (Fsp3) is 0.417. The summed E-state index contributed by atoms with van der Waals surface area (Å²) in [4.78, 5) is 4.20. The van der Waals surface area contributed by atoms with E-state index in [1.165, 1.54) is 6.26 Å². The van der Waals surface area contributed by atoms with E-state index in [0.717, 1.165) is 0 Å². The second-order valence-electron chi connectivity index (χ2n) is 3.73. The molecule has 0 saturated heterocycles. The Kier molecular flexibility index (Phi) is 4.65. The maximum atomic E-state index is 12.7. The Bertz CT molecular complexity index is 583. The molecule has 7 nitrogen and oxygen atoms in total. The van der Waals surface area contributed by atoms with E-state index in [0.29, 0.717) is 5.76 Å². The number of oxazole rings is 1. The number of nitrogens with one attached hydrogen (secondary N) is 1. The van der Waals surface area contributed by atoms with Gasteiger partial charge >= 0.3 is 7.60 Å². The molecule has 0 bridgehead atoms. The first-order chi connectivity index (χ1) is 9.64. The van der Waals surface area contributed by atoms with Gasteiger partial charge in [-0.3, -0.25) is 4.57 Å². The summed E-state index contributed by atoms with van der Waals surface area (Å²) >= 11 is 0. The summed E-state index contributed by atoms with van der Waals surface area (Å²) in [6.07, 6.45) is 1.50. The highest BCUT2D eigenvalue weighted by molar-refractivity contribution is 7.62. The predicted octanol–water partition coefficient (Wildman–Crippen LogP) is 2.87. The van der Waals surface area contributed by atoms with E-state index in [-0.39, 0.29) is 30.4 Å². The third kappa shape index (κ3) is 2.80. The summed E-state index contributed by atoms with van der Waals surface area (Å²) in [6.45, 7) is 3.95. The Morgan fingerprint density at radius 2 is 2.05 bits per heavy atom. The van der Waals surface area contributed by atoms with Gasteiger partial charge in [-0.2, -0.15) is 4.98 Å². The van der Waals surface area contributed by atoms with Crippen LogP contribution < -0.4 is 10.8 Å². The highest BCUT2D eigenvalue weighted by atomic mass is 31.2. The normalized spacial score (nSPS) is 11.8. The van der Waals surface area contributed by atoms with Gasteiger partial charge in [-0.15, -0.1) is 0 Å². The molecule has 0 fully saturated rings. The van der Waals surface area contributed by atoms with Crippen molar-refractivity contribution in [2.45, 2.75) is 13.8 Å². The van der Waals surface area contributed by atoms with Gasteiger partial charge in [0.05, 0.1) is 19.5 Å². The summed E-state index contributed by atoms with van der Waals surface area (Å²) in [7, 11) is -1.88. The van der Waals surface area contributed by atoms with Crippen LogP contribution in [0.5, 0.6) is 0 Å². The number of anilines is 1. The molecule has 0 radical (unpaired) electrons. The molecule has 2 aromatic heterocycles. The molecule has 0 unspecified atom stereocenters. The lowest BCUT2D eigenvalue weighted by atomic mass is 10.4. The number of aromatic nitrogens is 1. The first-order valence-electron chi connectivity index (χ1n) is 6.26. The van der Waals surface area contributed by atoms with Crippen LogP contribution in [0.1, 0.15) is 13.8 Å². The summed E-state index contributed by atoms with van der Waals surface area (Å²) < 4.78 is 34.0. The number of rotatable bonds is 7. The van der Waals surface area contributed by atoms with Crippen LogP contribution >= 0.6 is 7.60 Å². The van der Waals surface area contributed by atoms with Gasteiger partial charge < -0.3 is 23.2 Å². The monoisotopic (exact) mass is 300 g/mol. The third-order valence-electron chi connectivity index (χ3n) is 2.43. The van der Waals surface area contributed by atoms with Crippen LogP contribution in [0.25, 0.3) is 11.7 Å². The number of hydrogen-bond acceptors (Lipinski definition) is 7. The maximum Gasteiger partial charge on any atom is 0.385 e. The van der Waals surface area contributed by atoms with Crippen molar-refractivity contribution in [3.05, 3.63) is 18.4 Å². The minimum absolute atomic E-state index is 0.120. The molecule has 0 amide bonds. The zero-order valence-electron chi connectivity index (χ0n) is 11.6. The number of furan rings is 1. The van der Waals surface area contributed by atoms with Crippen molar-refractivity contribution < 1.29 is 22.4 Å². The first kappa shape index (κ1) is 14.8. The fourth-order valence-electron chi connectivity index (χ4n) is 1.67. The smallest absolute Gasteiger partial charge is 0.385 e. The van der Waals surface area contributed by atoms with Crippen molar-refractivity contribution in [1.82, 2.24) is 4.98 Å². The van der Waals surface area contributed by atoms with E-state index >= 15 is 0 Å². The second-order valence-corrected chi connectivity index (χ2v) is 5.67. The number of hydrogen-bond donors (Lipinski definition) is 1. The fourth-order valence-corrected chi connectivity index (χ4v) is 3.28. The molecule has 1 N–H and O–H groups in total. The molecule has 0 atom stereocenters. The van der Waals surface area contributed by atoms with Crippen LogP contribution in [0.3, 0.4) is 0 Å². The molecule has 0 aliphatic carbocycles. The van der Waals surface area contributed by atoms with Gasteiger partial charge in [0.15, 0.2) is 5.76 Å². The molecule has 2 rings (SSSR count). The van der Waals surface area contributed by atoms with Gasteiger partial charge in [-0.05, 0) is 26.0 Å². The minimum Gasteiger partial charge on any atom is -0.459 e. The lowest BCUT2D eigenvalue weighted by Gasteiger charge is -2.14. The van der Waals surface area contributed by atoms with Gasteiger partial charge in [-0.1, -0.05) is 0 Å². The minimum atomic E-state index is -3.52. The lowest BCUT2D eigenvalue weighted by molar-refractivity contribution is 0.229. The second kappa shape index (κ2) is 6.26. The van der Waals surface area contributed by atoms with Crippen LogP contribution in [0.15, 0.2) is 27.2 Å². The molecule has 2 aromatic rings. The van der Waals surface area contributed by atoms with E-state index < -0.39 is 7.60 Å². The van der Waals surface area contributed by atoms with E-state index in [1.54, 1.807) is 33.0 Å². The van der Waals surface area contributed by atoms with Crippen molar-refractivity contribution in [2.24, 2.45) is 0 Å². The van der Waals surface area contributed by atoms with Gasteiger partial charge in [0.2, 0.25) is 11.3 Å². The van der Waals surface area contributed by atoms with E-state index in [4.69, 9.17) is 17.9 Å². The van der Waals surface area contributed by atoms with E-state index in [2.05, 4.69) is 10.3 Å². The molecular formula is C12H17N2O5P.